The molecule has 0 radical (unpaired) electrons. The summed E-state index contributed by atoms with van der Waals surface area (Å²) in [5.74, 6) is 0.371. The molecule has 0 aliphatic rings. The number of anilines is 1. The van der Waals surface area contributed by atoms with Gasteiger partial charge in [-0.3, -0.25) is 20.2 Å². The lowest BCUT2D eigenvalue weighted by Gasteiger charge is -2.03. The van der Waals surface area contributed by atoms with E-state index in [1.807, 2.05) is 6.92 Å². The van der Waals surface area contributed by atoms with Gasteiger partial charge in [0, 0.05) is 12.1 Å². The lowest BCUT2D eigenvalue weighted by atomic mass is 10.2. The van der Waals surface area contributed by atoms with E-state index in [0.29, 0.717) is 5.13 Å². The number of halogens is 1. The summed E-state index contributed by atoms with van der Waals surface area (Å²) in [4.78, 5) is 22.1. The summed E-state index contributed by atoms with van der Waals surface area (Å²) in [7, 11) is 0. The number of thioether (sulfide) groups is 1. The van der Waals surface area contributed by atoms with Crippen molar-refractivity contribution in [2.24, 2.45) is 0 Å². The second-order valence-corrected chi connectivity index (χ2v) is 6.58. The van der Waals surface area contributed by atoms with Crippen LogP contribution in [0.5, 0.6) is 0 Å². The molecule has 110 valence electrons. The molecule has 0 unspecified atom stereocenters. The third-order valence-corrected chi connectivity index (χ3v) is 4.47. The molecule has 1 aromatic heterocycles. The van der Waals surface area contributed by atoms with E-state index in [4.69, 9.17) is 11.6 Å². The van der Waals surface area contributed by atoms with Gasteiger partial charge < -0.3 is 0 Å². The Morgan fingerprint density at radius 3 is 2.90 bits per heavy atom. The number of non-ortho nitro benzene ring substituents is 1. The molecule has 0 bridgehead atoms. The van der Waals surface area contributed by atoms with Gasteiger partial charge in [0.15, 0.2) is 4.34 Å². The minimum Gasteiger partial charge on any atom is -0.296 e. The van der Waals surface area contributed by atoms with Crippen molar-refractivity contribution in [1.29, 1.82) is 0 Å². The van der Waals surface area contributed by atoms with Crippen LogP contribution in [-0.2, 0) is 0 Å². The number of carbonyl (C=O) groups excluding carboxylic acids is 1. The topological polar surface area (TPSA) is 98.0 Å². The molecule has 0 fully saturated rings. The van der Waals surface area contributed by atoms with Crippen LogP contribution in [-0.4, -0.2) is 26.8 Å². The molecule has 0 spiro atoms. The number of carbonyl (C=O) groups is 1. The summed E-state index contributed by atoms with van der Waals surface area (Å²) in [5.41, 5.74) is -0.0312. The van der Waals surface area contributed by atoms with Crippen molar-refractivity contribution in [2.45, 2.75) is 11.3 Å². The van der Waals surface area contributed by atoms with Crippen LogP contribution >= 0.6 is 34.7 Å². The van der Waals surface area contributed by atoms with Crippen molar-refractivity contribution in [3.63, 3.8) is 0 Å². The maximum Gasteiger partial charge on any atom is 0.270 e. The van der Waals surface area contributed by atoms with Crippen LogP contribution in [0.15, 0.2) is 22.5 Å². The van der Waals surface area contributed by atoms with Gasteiger partial charge >= 0.3 is 0 Å². The van der Waals surface area contributed by atoms with E-state index in [9.17, 15) is 14.9 Å². The van der Waals surface area contributed by atoms with E-state index in [1.165, 1.54) is 35.2 Å². The molecule has 0 atom stereocenters. The van der Waals surface area contributed by atoms with Gasteiger partial charge in [-0.1, -0.05) is 41.6 Å². The predicted octanol–water partition coefficient (Wildman–Crippen LogP) is 3.46. The fourth-order valence-corrected chi connectivity index (χ4v) is 3.31. The van der Waals surface area contributed by atoms with E-state index >= 15 is 0 Å². The molecule has 1 amide bonds. The summed E-state index contributed by atoms with van der Waals surface area (Å²) >= 11 is 8.66. The maximum atomic E-state index is 12.0. The molecule has 2 rings (SSSR count). The van der Waals surface area contributed by atoms with E-state index in [2.05, 4.69) is 15.5 Å². The molecule has 0 saturated heterocycles. The van der Waals surface area contributed by atoms with Crippen LogP contribution in [0.25, 0.3) is 0 Å². The highest BCUT2D eigenvalue weighted by molar-refractivity contribution is 8.01. The van der Waals surface area contributed by atoms with Crippen molar-refractivity contribution in [3.8, 4) is 0 Å². The van der Waals surface area contributed by atoms with E-state index in [0.717, 1.165) is 16.2 Å². The van der Waals surface area contributed by atoms with Gasteiger partial charge in [-0.15, -0.1) is 10.2 Å². The van der Waals surface area contributed by atoms with E-state index in [-0.39, 0.29) is 16.3 Å². The lowest BCUT2D eigenvalue weighted by molar-refractivity contribution is -0.384. The van der Waals surface area contributed by atoms with Crippen LogP contribution < -0.4 is 5.32 Å². The van der Waals surface area contributed by atoms with Crippen LogP contribution in [0.1, 0.15) is 17.3 Å². The monoisotopic (exact) mass is 344 g/mol. The third kappa shape index (κ3) is 3.90. The Morgan fingerprint density at radius 1 is 1.52 bits per heavy atom. The summed E-state index contributed by atoms with van der Waals surface area (Å²) < 4.78 is 0.752. The number of nitrogens with zero attached hydrogens (tertiary/aromatic N) is 3. The van der Waals surface area contributed by atoms with Gasteiger partial charge in [0.1, 0.15) is 0 Å². The zero-order valence-electron chi connectivity index (χ0n) is 10.7. The zero-order chi connectivity index (χ0) is 15.4. The SMILES string of the molecule is CCSc1nnc(NC(=O)c2ccc([N+](=O)[O-])cc2Cl)s1. The van der Waals surface area contributed by atoms with Gasteiger partial charge in [-0.05, 0) is 11.8 Å². The standard InChI is InChI=1S/C11H9ClN4O3S2/c1-2-20-11-15-14-10(21-11)13-9(17)7-4-3-6(16(18)19)5-8(7)12/h3-5H,2H2,1H3,(H,13,14,17). The van der Waals surface area contributed by atoms with Gasteiger partial charge in [-0.25, -0.2) is 0 Å². The van der Waals surface area contributed by atoms with Gasteiger partial charge in [0.05, 0.1) is 15.5 Å². The fourth-order valence-electron chi connectivity index (χ4n) is 1.41. The Bertz CT molecular complexity index is 692. The summed E-state index contributed by atoms with van der Waals surface area (Å²) in [5, 5.41) is 21.3. The first-order valence-corrected chi connectivity index (χ1v) is 7.91. The number of hydrogen-bond donors (Lipinski definition) is 1. The van der Waals surface area contributed by atoms with Crippen molar-refractivity contribution < 1.29 is 9.72 Å². The minimum absolute atomic E-state index is 0.00868. The Kier molecular flexibility index (Phi) is 5.10. The number of rotatable bonds is 5. The van der Waals surface area contributed by atoms with Crippen molar-refractivity contribution >= 4 is 51.4 Å². The van der Waals surface area contributed by atoms with Crippen molar-refractivity contribution in [3.05, 3.63) is 38.9 Å². The number of benzene rings is 1. The van der Waals surface area contributed by atoms with Crippen molar-refractivity contribution in [2.75, 3.05) is 11.1 Å². The molecular formula is C11H9ClN4O3S2. The Labute approximate surface area is 132 Å². The molecule has 0 aliphatic heterocycles. The van der Waals surface area contributed by atoms with Crippen molar-refractivity contribution in [1.82, 2.24) is 10.2 Å². The third-order valence-electron chi connectivity index (χ3n) is 2.30. The largest absolute Gasteiger partial charge is 0.296 e. The first-order valence-electron chi connectivity index (χ1n) is 5.73. The molecule has 2 aromatic rings. The first kappa shape index (κ1) is 15.7. The van der Waals surface area contributed by atoms with E-state index in [1.54, 1.807) is 0 Å². The lowest BCUT2D eigenvalue weighted by Crippen LogP contribution is -2.12. The molecule has 7 nitrogen and oxygen atoms in total. The zero-order valence-corrected chi connectivity index (χ0v) is 13.1. The Balaban J connectivity index is 2.14. The second kappa shape index (κ2) is 6.83. The number of nitro groups is 1. The molecular weight excluding hydrogens is 336 g/mol. The van der Waals surface area contributed by atoms with Gasteiger partial charge in [0.25, 0.3) is 11.6 Å². The van der Waals surface area contributed by atoms with Gasteiger partial charge in [-0.2, -0.15) is 0 Å². The summed E-state index contributed by atoms with van der Waals surface area (Å²) in [6.07, 6.45) is 0. The van der Waals surface area contributed by atoms with Crippen LogP contribution in [0.3, 0.4) is 0 Å². The van der Waals surface area contributed by atoms with Crippen LogP contribution in [0.2, 0.25) is 5.02 Å². The number of aromatic nitrogens is 2. The summed E-state index contributed by atoms with van der Waals surface area (Å²) in [6.45, 7) is 1.99. The maximum absolute atomic E-state index is 12.0. The molecule has 1 aromatic carbocycles. The number of amides is 1. The molecule has 0 saturated carbocycles. The first-order chi connectivity index (χ1) is 10.0. The van der Waals surface area contributed by atoms with Crippen LogP contribution in [0.4, 0.5) is 10.8 Å². The van der Waals surface area contributed by atoms with Crippen LogP contribution in [0, 0.1) is 10.1 Å². The highest BCUT2D eigenvalue weighted by atomic mass is 35.5. The summed E-state index contributed by atoms with van der Waals surface area (Å²) in [6, 6.07) is 3.66. The average Bonchev–Trinajstić information content (AvgIpc) is 2.86. The number of hydrogen-bond acceptors (Lipinski definition) is 7. The molecule has 0 aliphatic carbocycles. The molecule has 10 heteroatoms. The molecule has 21 heavy (non-hydrogen) atoms. The minimum atomic E-state index is -0.577. The Morgan fingerprint density at radius 2 is 2.29 bits per heavy atom. The highest BCUT2D eigenvalue weighted by Crippen LogP contribution is 2.27. The fraction of sp³-hybridized carbons (Fsp3) is 0.182. The quantitative estimate of drug-likeness (QED) is 0.386. The number of nitro benzene ring substituents is 1. The smallest absolute Gasteiger partial charge is 0.270 e. The van der Waals surface area contributed by atoms with Gasteiger partial charge in [0.2, 0.25) is 5.13 Å². The Hall–Kier alpha value is -1.71. The predicted molar refractivity (Wildman–Crippen MR) is 82.4 cm³/mol. The highest BCUT2D eigenvalue weighted by Gasteiger charge is 2.16. The average molecular weight is 345 g/mol. The normalized spacial score (nSPS) is 10.4. The second-order valence-electron chi connectivity index (χ2n) is 3.68. The number of nitrogens with one attached hydrogen (secondary N) is 1. The molecule has 1 N–H and O–H groups in total. The van der Waals surface area contributed by atoms with E-state index < -0.39 is 10.8 Å². The molecule has 1 heterocycles.